The van der Waals surface area contributed by atoms with Crippen molar-refractivity contribution >= 4 is 24.2 Å². The fraction of sp³-hybridized carbons (Fsp3) is 0.529. The first-order chi connectivity index (χ1) is 11.1. The molecule has 1 heterocycles. The third-order valence-electron chi connectivity index (χ3n) is 4.03. The number of halogens is 2. The lowest BCUT2D eigenvalue weighted by Crippen LogP contribution is -2.38. The zero-order valence-corrected chi connectivity index (χ0v) is 14.8. The maximum Gasteiger partial charge on any atom is 0.227 e. The molecule has 1 aliphatic heterocycles. The van der Waals surface area contributed by atoms with Crippen LogP contribution in [0.5, 0.6) is 0 Å². The minimum atomic E-state index is -0.326. The molecule has 1 N–H and O–H groups in total. The maximum absolute atomic E-state index is 13.2. The third kappa shape index (κ3) is 6.09. The van der Waals surface area contributed by atoms with Crippen LogP contribution in [0.15, 0.2) is 24.3 Å². The number of nitrogens with one attached hydrogen (secondary N) is 1. The number of carbonyl (C=O) groups excluding carboxylic acids is 2. The van der Waals surface area contributed by atoms with Crippen LogP contribution in [0.2, 0.25) is 0 Å². The van der Waals surface area contributed by atoms with E-state index in [9.17, 15) is 14.0 Å². The van der Waals surface area contributed by atoms with Gasteiger partial charge in [0.2, 0.25) is 11.8 Å². The lowest BCUT2D eigenvalue weighted by Gasteiger charge is -2.22. The van der Waals surface area contributed by atoms with Crippen LogP contribution in [0, 0.1) is 5.82 Å². The average molecular weight is 358 g/mol. The van der Waals surface area contributed by atoms with E-state index in [4.69, 9.17) is 0 Å². The molecule has 7 heteroatoms. The van der Waals surface area contributed by atoms with Gasteiger partial charge in [0.1, 0.15) is 5.82 Å². The van der Waals surface area contributed by atoms with Gasteiger partial charge in [0.05, 0.1) is 6.42 Å². The summed E-state index contributed by atoms with van der Waals surface area (Å²) in [5.74, 6) is -0.216. The monoisotopic (exact) mass is 357 g/mol. The van der Waals surface area contributed by atoms with Gasteiger partial charge in [-0.05, 0) is 31.2 Å². The summed E-state index contributed by atoms with van der Waals surface area (Å²) in [7, 11) is 1.82. The van der Waals surface area contributed by atoms with E-state index in [-0.39, 0.29) is 36.5 Å². The molecule has 0 spiro atoms. The van der Waals surface area contributed by atoms with Crippen LogP contribution in [0.4, 0.5) is 4.39 Å². The van der Waals surface area contributed by atoms with E-state index >= 15 is 0 Å². The summed E-state index contributed by atoms with van der Waals surface area (Å²) in [6, 6.07) is 6.13. The van der Waals surface area contributed by atoms with Crippen molar-refractivity contribution in [3.05, 3.63) is 35.6 Å². The molecule has 0 aromatic heterocycles. The highest BCUT2D eigenvalue weighted by Crippen LogP contribution is 2.09. The molecule has 5 nitrogen and oxygen atoms in total. The molecule has 0 radical (unpaired) electrons. The number of rotatable bonds is 5. The van der Waals surface area contributed by atoms with E-state index < -0.39 is 0 Å². The van der Waals surface area contributed by atoms with Gasteiger partial charge in [0.25, 0.3) is 0 Å². The predicted molar refractivity (Wildman–Crippen MR) is 93.7 cm³/mol. The Bertz CT molecular complexity index is 556. The van der Waals surface area contributed by atoms with Gasteiger partial charge in [-0.25, -0.2) is 4.39 Å². The van der Waals surface area contributed by atoms with Crippen molar-refractivity contribution in [2.24, 2.45) is 0 Å². The van der Waals surface area contributed by atoms with Crippen molar-refractivity contribution in [1.29, 1.82) is 0 Å². The Morgan fingerprint density at radius 2 is 1.79 bits per heavy atom. The minimum Gasteiger partial charge on any atom is -0.341 e. The van der Waals surface area contributed by atoms with E-state index in [2.05, 4.69) is 5.32 Å². The smallest absolute Gasteiger partial charge is 0.227 e. The first-order valence-corrected chi connectivity index (χ1v) is 8.04. The van der Waals surface area contributed by atoms with Crippen LogP contribution >= 0.6 is 12.4 Å². The molecule has 0 atom stereocenters. The first kappa shape index (κ1) is 20.4. The summed E-state index contributed by atoms with van der Waals surface area (Å²) < 4.78 is 13.2. The number of amides is 2. The number of benzene rings is 1. The molecular weight excluding hydrogens is 333 g/mol. The molecule has 1 aromatic carbocycles. The van der Waals surface area contributed by atoms with Crippen LogP contribution in [0.1, 0.15) is 18.4 Å². The van der Waals surface area contributed by atoms with Crippen LogP contribution < -0.4 is 5.32 Å². The van der Waals surface area contributed by atoms with Gasteiger partial charge in [-0.1, -0.05) is 12.1 Å². The van der Waals surface area contributed by atoms with Crippen LogP contribution in [-0.4, -0.2) is 61.4 Å². The van der Waals surface area contributed by atoms with E-state index in [0.29, 0.717) is 44.7 Å². The zero-order valence-electron chi connectivity index (χ0n) is 14.0. The standard InChI is InChI=1S/C17H24FN3O2.ClH/c1-19-7-6-16(22)20-8-3-9-21(11-10-20)17(23)13-14-4-2-5-15(18)12-14;/h2,4-5,12,19H,3,6-11,13H2,1H3;1H. The highest BCUT2D eigenvalue weighted by Gasteiger charge is 2.21. The second kappa shape index (κ2) is 10.3. The molecule has 1 aliphatic rings. The van der Waals surface area contributed by atoms with Crippen molar-refractivity contribution in [2.45, 2.75) is 19.3 Å². The first-order valence-electron chi connectivity index (χ1n) is 8.04. The van der Waals surface area contributed by atoms with Crippen LogP contribution in [0.3, 0.4) is 0 Å². The molecule has 134 valence electrons. The van der Waals surface area contributed by atoms with E-state index in [0.717, 1.165) is 6.42 Å². The van der Waals surface area contributed by atoms with Gasteiger partial charge < -0.3 is 15.1 Å². The number of hydrogen-bond donors (Lipinski definition) is 1. The summed E-state index contributed by atoms with van der Waals surface area (Å²) in [6.07, 6.45) is 1.46. The topological polar surface area (TPSA) is 52.7 Å². The largest absolute Gasteiger partial charge is 0.341 e. The van der Waals surface area contributed by atoms with Gasteiger partial charge in [-0.2, -0.15) is 0 Å². The van der Waals surface area contributed by atoms with Crippen molar-refractivity contribution in [2.75, 3.05) is 39.8 Å². The van der Waals surface area contributed by atoms with Crippen molar-refractivity contribution in [3.8, 4) is 0 Å². The third-order valence-corrected chi connectivity index (χ3v) is 4.03. The molecule has 0 aliphatic carbocycles. The predicted octanol–water partition coefficient (Wildman–Crippen LogP) is 1.46. The second-order valence-corrected chi connectivity index (χ2v) is 5.78. The molecule has 1 aromatic rings. The Balaban J connectivity index is 0.00000288. The van der Waals surface area contributed by atoms with Gasteiger partial charge in [-0.3, -0.25) is 9.59 Å². The number of carbonyl (C=O) groups is 2. The Kier molecular flexibility index (Phi) is 8.71. The number of hydrogen-bond acceptors (Lipinski definition) is 3. The summed E-state index contributed by atoms with van der Waals surface area (Å²) in [5.41, 5.74) is 0.682. The van der Waals surface area contributed by atoms with Gasteiger partial charge in [-0.15, -0.1) is 12.4 Å². The second-order valence-electron chi connectivity index (χ2n) is 5.78. The number of nitrogens with zero attached hydrogens (tertiary/aromatic N) is 2. The van der Waals surface area contributed by atoms with E-state index in [1.807, 2.05) is 11.9 Å². The SMILES string of the molecule is CNCCC(=O)N1CCCN(C(=O)Cc2cccc(F)c2)CC1.Cl. The lowest BCUT2D eigenvalue weighted by molar-refractivity contribution is -0.133. The summed E-state index contributed by atoms with van der Waals surface area (Å²) >= 11 is 0. The molecule has 1 fully saturated rings. The molecule has 24 heavy (non-hydrogen) atoms. The van der Waals surface area contributed by atoms with Gasteiger partial charge >= 0.3 is 0 Å². The van der Waals surface area contributed by atoms with Crippen molar-refractivity contribution in [1.82, 2.24) is 15.1 Å². The molecule has 2 rings (SSSR count). The van der Waals surface area contributed by atoms with Crippen molar-refractivity contribution in [3.63, 3.8) is 0 Å². The van der Waals surface area contributed by atoms with Crippen LogP contribution in [0.25, 0.3) is 0 Å². The molecule has 0 bridgehead atoms. The molecular formula is C17H25ClFN3O2. The highest BCUT2D eigenvalue weighted by atomic mass is 35.5. The van der Waals surface area contributed by atoms with Gasteiger partial charge in [0, 0.05) is 39.1 Å². The van der Waals surface area contributed by atoms with E-state index in [1.54, 1.807) is 17.0 Å². The lowest BCUT2D eigenvalue weighted by atomic mass is 10.1. The van der Waals surface area contributed by atoms with Gasteiger partial charge in [0.15, 0.2) is 0 Å². The fourth-order valence-corrected chi connectivity index (χ4v) is 2.74. The van der Waals surface area contributed by atoms with E-state index in [1.165, 1.54) is 12.1 Å². The summed E-state index contributed by atoms with van der Waals surface area (Å²) in [5, 5.41) is 2.97. The molecule has 0 saturated carbocycles. The zero-order chi connectivity index (χ0) is 16.7. The molecule has 1 saturated heterocycles. The van der Waals surface area contributed by atoms with Crippen molar-refractivity contribution < 1.29 is 14.0 Å². The Morgan fingerprint density at radius 1 is 1.12 bits per heavy atom. The minimum absolute atomic E-state index is 0. The molecule has 2 amide bonds. The average Bonchev–Trinajstić information content (AvgIpc) is 2.78. The maximum atomic E-state index is 13.2. The van der Waals surface area contributed by atoms with Crippen LogP contribution in [-0.2, 0) is 16.0 Å². The Morgan fingerprint density at radius 3 is 2.42 bits per heavy atom. The quantitative estimate of drug-likeness (QED) is 0.868. The normalized spacial score (nSPS) is 14.8. The highest BCUT2D eigenvalue weighted by molar-refractivity contribution is 5.85. The summed E-state index contributed by atoms with van der Waals surface area (Å²) in [4.78, 5) is 28.0. The Hall–Kier alpha value is -1.66. The summed E-state index contributed by atoms with van der Waals surface area (Å²) in [6.45, 7) is 3.10. The Labute approximate surface area is 148 Å². The fourth-order valence-electron chi connectivity index (χ4n) is 2.74. The molecule has 0 unspecified atom stereocenters.